The van der Waals surface area contributed by atoms with Crippen LogP contribution in [0.5, 0.6) is 5.75 Å². The molecule has 1 aliphatic rings. The van der Waals surface area contributed by atoms with Gasteiger partial charge < -0.3 is 14.2 Å². The molecule has 1 aliphatic heterocycles. The highest BCUT2D eigenvalue weighted by atomic mass is 19.1. The fourth-order valence-electron chi connectivity index (χ4n) is 3.16. The lowest BCUT2D eigenvalue weighted by Gasteiger charge is -2.28. The van der Waals surface area contributed by atoms with E-state index in [-0.39, 0.29) is 22.9 Å². The van der Waals surface area contributed by atoms with Crippen LogP contribution in [0, 0.1) is 5.82 Å². The number of carbonyl (C=O) groups excluding carboxylic acids is 1. The number of amides is 1. The van der Waals surface area contributed by atoms with Crippen molar-refractivity contribution < 1.29 is 18.4 Å². The molecule has 2 heterocycles. The molecule has 1 aromatic heterocycles. The zero-order valence-electron chi connectivity index (χ0n) is 14.2. The van der Waals surface area contributed by atoms with Crippen LogP contribution in [0.3, 0.4) is 0 Å². The third kappa shape index (κ3) is 2.94. The molecule has 0 saturated carbocycles. The van der Waals surface area contributed by atoms with Crippen LogP contribution in [-0.4, -0.2) is 29.6 Å². The second-order valence-corrected chi connectivity index (χ2v) is 6.17. The van der Waals surface area contributed by atoms with Crippen LogP contribution in [0.1, 0.15) is 21.6 Å². The number of benzene rings is 2. The van der Waals surface area contributed by atoms with Crippen molar-refractivity contribution in [3.63, 3.8) is 0 Å². The van der Waals surface area contributed by atoms with E-state index in [1.165, 1.54) is 17.7 Å². The Kier molecular flexibility index (Phi) is 4.16. The number of halogens is 1. The lowest BCUT2D eigenvalue weighted by molar-refractivity contribution is 0.0724. The van der Waals surface area contributed by atoms with Gasteiger partial charge in [0.1, 0.15) is 11.6 Å². The Morgan fingerprint density at radius 1 is 1.19 bits per heavy atom. The molecule has 0 aliphatic carbocycles. The van der Waals surface area contributed by atoms with Gasteiger partial charge in [-0.1, -0.05) is 23.4 Å². The first-order chi connectivity index (χ1) is 12.7. The third-order valence-corrected chi connectivity index (χ3v) is 4.58. The molecule has 0 spiro atoms. The topological polar surface area (TPSA) is 55.6 Å². The van der Waals surface area contributed by atoms with Gasteiger partial charge in [0.15, 0.2) is 11.5 Å². The van der Waals surface area contributed by atoms with E-state index < -0.39 is 5.82 Å². The number of carbonyl (C=O) groups is 1. The lowest BCUT2D eigenvalue weighted by Crippen LogP contribution is -2.36. The summed E-state index contributed by atoms with van der Waals surface area (Å²) in [5.74, 6) is 0.360. The molecule has 0 saturated heterocycles. The van der Waals surface area contributed by atoms with E-state index in [4.69, 9.17) is 9.26 Å². The van der Waals surface area contributed by atoms with E-state index >= 15 is 0 Å². The predicted molar refractivity (Wildman–Crippen MR) is 93.3 cm³/mol. The summed E-state index contributed by atoms with van der Waals surface area (Å²) in [5.41, 5.74) is 2.73. The van der Waals surface area contributed by atoms with E-state index in [0.29, 0.717) is 13.1 Å². The molecule has 3 aromatic rings. The van der Waals surface area contributed by atoms with Gasteiger partial charge in [0, 0.05) is 19.2 Å². The molecule has 132 valence electrons. The van der Waals surface area contributed by atoms with Gasteiger partial charge in [-0.3, -0.25) is 4.79 Å². The predicted octanol–water partition coefficient (Wildman–Crippen LogP) is 3.69. The fraction of sp³-hybridized carbons (Fsp3) is 0.200. The van der Waals surface area contributed by atoms with Crippen molar-refractivity contribution in [2.45, 2.75) is 13.0 Å². The van der Waals surface area contributed by atoms with Gasteiger partial charge in [-0.25, -0.2) is 4.39 Å². The van der Waals surface area contributed by atoms with E-state index in [2.05, 4.69) is 5.16 Å². The van der Waals surface area contributed by atoms with E-state index in [1.54, 1.807) is 30.2 Å². The Morgan fingerprint density at radius 3 is 2.85 bits per heavy atom. The van der Waals surface area contributed by atoms with Crippen LogP contribution >= 0.6 is 0 Å². The Hall–Kier alpha value is -3.15. The largest absolute Gasteiger partial charge is 0.497 e. The minimum absolute atomic E-state index is 0.176. The zero-order valence-corrected chi connectivity index (χ0v) is 14.2. The highest BCUT2D eigenvalue weighted by Crippen LogP contribution is 2.27. The minimum atomic E-state index is -0.415. The average molecular weight is 352 g/mol. The summed E-state index contributed by atoms with van der Waals surface area (Å²) in [5, 5.41) is 3.84. The molecule has 0 atom stereocenters. The SMILES string of the molecule is COc1ccc2c(c1)CN(C(=O)c1cc(-c3ccccc3F)on1)CC2. The molecular weight excluding hydrogens is 335 g/mol. The summed E-state index contributed by atoms with van der Waals surface area (Å²) in [6, 6.07) is 13.6. The molecule has 5 nitrogen and oxygen atoms in total. The van der Waals surface area contributed by atoms with Crippen LogP contribution in [0.25, 0.3) is 11.3 Å². The maximum Gasteiger partial charge on any atom is 0.276 e. The maximum atomic E-state index is 13.9. The van der Waals surface area contributed by atoms with Crippen LogP contribution in [-0.2, 0) is 13.0 Å². The summed E-state index contributed by atoms with van der Waals surface area (Å²) < 4.78 is 24.3. The Morgan fingerprint density at radius 2 is 2.04 bits per heavy atom. The van der Waals surface area contributed by atoms with E-state index in [1.807, 2.05) is 18.2 Å². The van der Waals surface area contributed by atoms with Gasteiger partial charge >= 0.3 is 0 Å². The van der Waals surface area contributed by atoms with Gasteiger partial charge in [0.2, 0.25) is 0 Å². The maximum absolute atomic E-state index is 13.9. The van der Waals surface area contributed by atoms with Crippen molar-refractivity contribution in [3.05, 3.63) is 71.2 Å². The van der Waals surface area contributed by atoms with E-state index in [0.717, 1.165) is 17.7 Å². The second kappa shape index (κ2) is 6.63. The van der Waals surface area contributed by atoms with Crippen LogP contribution < -0.4 is 4.74 Å². The Labute approximate surface area is 150 Å². The molecule has 0 N–H and O–H groups in total. The summed E-state index contributed by atoms with van der Waals surface area (Å²) >= 11 is 0. The van der Waals surface area contributed by atoms with Crippen molar-refractivity contribution in [2.75, 3.05) is 13.7 Å². The number of nitrogens with zero attached hydrogens (tertiary/aromatic N) is 2. The molecule has 0 fully saturated rings. The fourth-order valence-corrected chi connectivity index (χ4v) is 3.16. The molecule has 0 radical (unpaired) electrons. The van der Waals surface area contributed by atoms with Gasteiger partial charge in [-0.05, 0) is 41.8 Å². The van der Waals surface area contributed by atoms with E-state index in [9.17, 15) is 9.18 Å². The molecule has 26 heavy (non-hydrogen) atoms. The van der Waals surface area contributed by atoms with Gasteiger partial charge in [-0.15, -0.1) is 0 Å². The van der Waals surface area contributed by atoms with Crippen molar-refractivity contribution in [1.82, 2.24) is 10.1 Å². The Balaban J connectivity index is 1.56. The number of rotatable bonds is 3. The summed E-state index contributed by atoms with van der Waals surface area (Å²) in [6.45, 7) is 1.08. The molecule has 2 aromatic carbocycles. The average Bonchev–Trinajstić information content (AvgIpc) is 3.16. The molecule has 0 bridgehead atoms. The highest BCUT2D eigenvalue weighted by molar-refractivity contribution is 5.93. The monoisotopic (exact) mass is 352 g/mol. The Bertz CT molecular complexity index is 967. The standard InChI is InChI=1S/C20H17FN2O3/c1-25-15-7-6-13-8-9-23(12-14(13)10-15)20(24)18-11-19(26-22-18)16-4-2-3-5-17(16)21/h2-7,10-11H,8-9,12H2,1H3. The van der Waals surface area contributed by atoms with Gasteiger partial charge in [-0.2, -0.15) is 0 Å². The van der Waals surface area contributed by atoms with Crippen LogP contribution in [0.4, 0.5) is 4.39 Å². The summed E-state index contributed by atoms with van der Waals surface area (Å²) in [7, 11) is 1.62. The molecular formula is C20H17FN2O3. The van der Waals surface area contributed by atoms with Crippen molar-refractivity contribution in [2.24, 2.45) is 0 Å². The molecule has 6 heteroatoms. The van der Waals surface area contributed by atoms with Gasteiger partial charge in [0.05, 0.1) is 12.7 Å². The number of fused-ring (bicyclic) bond motifs is 1. The van der Waals surface area contributed by atoms with Crippen molar-refractivity contribution in [1.29, 1.82) is 0 Å². The first-order valence-corrected chi connectivity index (χ1v) is 8.32. The number of aromatic nitrogens is 1. The smallest absolute Gasteiger partial charge is 0.276 e. The van der Waals surface area contributed by atoms with Gasteiger partial charge in [0.25, 0.3) is 5.91 Å². The number of methoxy groups -OCH3 is 1. The number of hydrogen-bond donors (Lipinski definition) is 0. The zero-order chi connectivity index (χ0) is 18.1. The second-order valence-electron chi connectivity index (χ2n) is 6.17. The highest BCUT2D eigenvalue weighted by Gasteiger charge is 2.25. The minimum Gasteiger partial charge on any atom is -0.497 e. The van der Waals surface area contributed by atoms with Crippen LogP contribution in [0.15, 0.2) is 53.1 Å². The van der Waals surface area contributed by atoms with Crippen LogP contribution in [0.2, 0.25) is 0 Å². The normalized spacial score (nSPS) is 13.4. The lowest BCUT2D eigenvalue weighted by atomic mass is 9.99. The summed E-state index contributed by atoms with van der Waals surface area (Å²) in [4.78, 5) is 14.5. The molecule has 0 unspecified atom stereocenters. The third-order valence-electron chi connectivity index (χ3n) is 4.58. The molecule has 1 amide bonds. The van der Waals surface area contributed by atoms with Crippen molar-refractivity contribution >= 4 is 5.91 Å². The number of hydrogen-bond acceptors (Lipinski definition) is 4. The first kappa shape index (κ1) is 16.3. The quantitative estimate of drug-likeness (QED) is 0.721. The first-order valence-electron chi connectivity index (χ1n) is 8.32. The number of ether oxygens (including phenoxy) is 1. The summed E-state index contributed by atoms with van der Waals surface area (Å²) in [6.07, 6.45) is 0.767. The molecule has 4 rings (SSSR count). The van der Waals surface area contributed by atoms with Crippen molar-refractivity contribution in [3.8, 4) is 17.1 Å².